The lowest BCUT2D eigenvalue weighted by Gasteiger charge is -2.16. The van der Waals surface area contributed by atoms with Crippen molar-refractivity contribution in [2.75, 3.05) is 13.2 Å². The highest BCUT2D eigenvalue weighted by Crippen LogP contribution is 2.13. The third kappa shape index (κ3) is 6.04. The van der Waals surface area contributed by atoms with E-state index in [9.17, 15) is 9.59 Å². The Labute approximate surface area is 114 Å². The molecule has 0 aliphatic rings. The number of para-hydroxylation sites is 1. The van der Waals surface area contributed by atoms with E-state index in [2.05, 4.69) is 5.32 Å². The Hall–Kier alpha value is -1.84. The molecule has 1 amide bonds. The predicted octanol–water partition coefficient (Wildman–Crippen LogP) is 2.19. The van der Waals surface area contributed by atoms with Crippen molar-refractivity contribution in [3.63, 3.8) is 0 Å². The molecule has 0 fully saturated rings. The summed E-state index contributed by atoms with van der Waals surface area (Å²) >= 11 is 0. The fourth-order valence-corrected chi connectivity index (χ4v) is 1.31. The van der Waals surface area contributed by atoms with E-state index in [0.29, 0.717) is 6.61 Å². The van der Waals surface area contributed by atoms with Gasteiger partial charge in [-0.15, -0.1) is 0 Å². The Balaban J connectivity index is 2.20. The molecule has 0 aromatic heterocycles. The van der Waals surface area contributed by atoms with Crippen molar-refractivity contribution in [2.24, 2.45) is 5.41 Å². The van der Waals surface area contributed by atoms with E-state index < -0.39 is 5.41 Å². The number of rotatable bonds is 6. The molecule has 0 radical (unpaired) electrons. The van der Waals surface area contributed by atoms with Crippen molar-refractivity contribution in [3.8, 4) is 5.75 Å². The van der Waals surface area contributed by atoms with Gasteiger partial charge in [-0.3, -0.25) is 9.59 Å². The molecule has 1 aromatic rings. The van der Waals surface area contributed by atoms with Gasteiger partial charge in [0, 0.05) is 5.41 Å². The van der Waals surface area contributed by atoms with Crippen LogP contribution in [-0.4, -0.2) is 24.8 Å². The molecule has 0 bridgehead atoms. The lowest BCUT2D eigenvalue weighted by molar-refractivity contribution is -0.129. The molecule has 1 N–H and O–H groups in total. The summed E-state index contributed by atoms with van der Waals surface area (Å²) in [7, 11) is 0. The van der Waals surface area contributed by atoms with Crippen LogP contribution in [0.1, 0.15) is 27.2 Å². The van der Waals surface area contributed by atoms with Crippen LogP contribution < -0.4 is 10.1 Å². The maximum Gasteiger partial charge on any atom is 0.223 e. The number of carbonyl (C=O) groups excluding carboxylic acids is 2. The zero-order valence-electron chi connectivity index (χ0n) is 11.7. The lowest BCUT2D eigenvalue weighted by Crippen LogP contribution is -2.35. The van der Waals surface area contributed by atoms with E-state index >= 15 is 0 Å². The monoisotopic (exact) mass is 263 g/mol. The number of ether oxygens (including phenoxy) is 1. The highest BCUT2D eigenvalue weighted by molar-refractivity contribution is 5.89. The largest absolute Gasteiger partial charge is 0.493 e. The first-order valence-corrected chi connectivity index (χ1v) is 6.37. The minimum atomic E-state index is -0.423. The molecule has 0 aliphatic heterocycles. The molecule has 1 aromatic carbocycles. The van der Waals surface area contributed by atoms with Crippen LogP contribution >= 0.6 is 0 Å². The van der Waals surface area contributed by atoms with Crippen LogP contribution in [0.15, 0.2) is 30.3 Å². The lowest BCUT2D eigenvalue weighted by atomic mass is 9.91. The van der Waals surface area contributed by atoms with E-state index in [4.69, 9.17) is 4.74 Å². The number of Topliss-reactive ketones (excluding diaryl/α,β-unsaturated/α-hetero) is 1. The Kier molecular flexibility index (Phi) is 5.55. The van der Waals surface area contributed by atoms with Crippen molar-refractivity contribution < 1.29 is 14.3 Å². The van der Waals surface area contributed by atoms with Crippen molar-refractivity contribution in [1.29, 1.82) is 0 Å². The Morgan fingerprint density at radius 2 is 1.79 bits per heavy atom. The molecule has 0 saturated carbocycles. The zero-order valence-corrected chi connectivity index (χ0v) is 11.7. The van der Waals surface area contributed by atoms with Crippen LogP contribution in [0, 0.1) is 5.41 Å². The molecule has 0 aliphatic carbocycles. The summed E-state index contributed by atoms with van der Waals surface area (Å²) in [5.41, 5.74) is -0.423. The highest BCUT2D eigenvalue weighted by Gasteiger charge is 2.21. The summed E-state index contributed by atoms with van der Waals surface area (Å²) < 4.78 is 5.40. The predicted molar refractivity (Wildman–Crippen MR) is 74.0 cm³/mol. The highest BCUT2D eigenvalue weighted by atomic mass is 16.5. The van der Waals surface area contributed by atoms with Gasteiger partial charge in [0.1, 0.15) is 5.75 Å². The van der Waals surface area contributed by atoms with Gasteiger partial charge in [0.25, 0.3) is 0 Å². The van der Waals surface area contributed by atoms with Crippen molar-refractivity contribution >= 4 is 11.7 Å². The number of hydrogen-bond donors (Lipinski definition) is 1. The van der Waals surface area contributed by atoms with E-state index in [1.165, 1.54) is 0 Å². The summed E-state index contributed by atoms with van der Waals surface area (Å²) in [5.74, 6) is 0.583. The molecule has 104 valence electrons. The molecular formula is C15H21NO3. The standard InChI is InChI=1S/C15H21NO3/c1-15(2,3)13(17)11-16-14(18)9-10-19-12-7-5-4-6-8-12/h4-8H,9-11H2,1-3H3,(H,16,18). The summed E-state index contributed by atoms with van der Waals surface area (Å²) in [6.07, 6.45) is 0.242. The van der Waals surface area contributed by atoms with Crippen LogP contribution in [0.5, 0.6) is 5.75 Å². The first-order chi connectivity index (χ1) is 8.89. The molecule has 0 spiro atoms. The molecule has 0 saturated heterocycles. The Morgan fingerprint density at radius 3 is 2.37 bits per heavy atom. The smallest absolute Gasteiger partial charge is 0.223 e. The zero-order chi connectivity index (χ0) is 14.3. The van der Waals surface area contributed by atoms with Gasteiger partial charge in [0.15, 0.2) is 5.78 Å². The Bertz CT molecular complexity index is 421. The number of benzene rings is 1. The van der Waals surface area contributed by atoms with Gasteiger partial charge in [-0.25, -0.2) is 0 Å². The molecule has 4 heteroatoms. The van der Waals surface area contributed by atoms with Gasteiger partial charge >= 0.3 is 0 Å². The van der Waals surface area contributed by atoms with E-state index in [1.807, 2.05) is 51.1 Å². The average molecular weight is 263 g/mol. The molecule has 19 heavy (non-hydrogen) atoms. The quantitative estimate of drug-likeness (QED) is 0.856. The second kappa shape index (κ2) is 6.92. The van der Waals surface area contributed by atoms with Crippen molar-refractivity contribution in [3.05, 3.63) is 30.3 Å². The van der Waals surface area contributed by atoms with E-state index in [0.717, 1.165) is 5.75 Å². The number of nitrogens with one attached hydrogen (secondary N) is 1. The van der Waals surface area contributed by atoms with Crippen molar-refractivity contribution in [2.45, 2.75) is 27.2 Å². The van der Waals surface area contributed by atoms with Crippen LogP contribution in [0.25, 0.3) is 0 Å². The van der Waals surface area contributed by atoms with Gasteiger partial charge in [0.05, 0.1) is 19.6 Å². The fourth-order valence-electron chi connectivity index (χ4n) is 1.31. The molecule has 0 atom stereocenters. The molecular weight excluding hydrogens is 242 g/mol. The van der Waals surface area contributed by atoms with Crippen LogP contribution in [0.4, 0.5) is 0 Å². The second-order valence-corrected chi connectivity index (χ2v) is 5.36. The SMILES string of the molecule is CC(C)(C)C(=O)CNC(=O)CCOc1ccccc1. The Morgan fingerprint density at radius 1 is 1.16 bits per heavy atom. The minimum Gasteiger partial charge on any atom is -0.493 e. The summed E-state index contributed by atoms with van der Waals surface area (Å²) in [4.78, 5) is 23.1. The minimum absolute atomic E-state index is 0.0184. The summed E-state index contributed by atoms with van der Waals surface area (Å²) in [6, 6.07) is 9.31. The van der Waals surface area contributed by atoms with Gasteiger partial charge in [-0.05, 0) is 12.1 Å². The van der Waals surface area contributed by atoms with Gasteiger partial charge < -0.3 is 10.1 Å². The van der Waals surface area contributed by atoms with Gasteiger partial charge in [0.2, 0.25) is 5.91 Å². The third-order valence-corrected chi connectivity index (χ3v) is 2.62. The number of ketones is 1. The van der Waals surface area contributed by atoms with Crippen LogP contribution in [-0.2, 0) is 9.59 Å². The first-order valence-electron chi connectivity index (χ1n) is 6.37. The molecule has 0 heterocycles. The first kappa shape index (κ1) is 15.2. The summed E-state index contributed by atoms with van der Waals surface area (Å²) in [5, 5.41) is 2.61. The molecule has 1 rings (SSSR count). The number of hydrogen-bond acceptors (Lipinski definition) is 3. The van der Waals surface area contributed by atoms with Crippen molar-refractivity contribution in [1.82, 2.24) is 5.32 Å². The fraction of sp³-hybridized carbons (Fsp3) is 0.467. The van der Waals surface area contributed by atoms with Crippen LogP contribution in [0.2, 0.25) is 0 Å². The second-order valence-electron chi connectivity index (χ2n) is 5.36. The maximum absolute atomic E-state index is 11.6. The van der Waals surface area contributed by atoms with E-state index in [1.54, 1.807) is 0 Å². The molecule has 0 unspecified atom stereocenters. The average Bonchev–Trinajstić information content (AvgIpc) is 2.36. The maximum atomic E-state index is 11.6. The normalized spacial score (nSPS) is 10.9. The van der Waals surface area contributed by atoms with E-state index in [-0.39, 0.29) is 24.7 Å². The summed E-state index contributed by atoms with van der Waals surface area (Å²) in [6.45, 7) is 5.88. The van der Waals surface area contributed by atoms with Gasteiger partial charge in [-0.1, -0.05) is 39.0 Å². The molecule has 4 nitrogen and oxygen atoms in total. The third-order valence-electron chi connectivity index (χ3n) is 2.62. The number of amides is 1. The van der Waals surface area contributed by atoms with Crippen LogP contribution in [0.3, 0.4) is 0 Å². The number of carbonyl (C=O) groups is 2. The van der Waals surface area contributed by atoms with Gasteiger partial charge in [-0.2, -0.15) is 0 Å². The topological polar surface area (TPSA) is 55.4 Å².